The molecule has 2 aliphatic rings. The van der Waals surface area contributed by atoms with Crippen LogP contribution in [0.4, 0.5) is 13.2 Å². The zero-order chi connectivity index (χ0) is 18.8. The molecule has 0 spiro atoms. The van der Waals surface area contributed by atoms with Crippen molar-refractivity contribution in [3.63, 3.8) is 0 Å². The fourth-order valence-corrected chi connectivity index (χ4v) is 2.78. The Kier molecular flexibility index (Phi) is 4.92. The number of nitrogens with zero attached hydrogens (tertiary/aromatic N) is 3. The number of benzene rings is 1. The first-order valence-electron chi connectivity index (χ1n) is 7.96. The third-order valence-corrected chi connectivity index (χ3v) is 4.27. The van der Waals surface area contributed by atoms with Gasteiger partial charge >= 0.3 is 0 Å². The van der Waals surface area contributed by atoms with Crippen LogP contribution in [0.1, 0.15) is 23.2 Å². The minimum absolute atomic E-state index is 0.114. The number of carbonyl (C=O) groups is 3. The lowest BCUT2D eigenvalue weighted by Crippen LogP contribution is -2.52. The van der Waals surface area contributed by atoms with Crippen LogP contribution in [0.3, 0.4) is 0 Å². The largest absolute Gasteiger partial charge is 0.335 e. The summed E-state index contributed by atoms with van der Waals surface area (Å²) < 4.78 is 40.1. The van der Waals surface area contributed by atoms with Crippen molar-refractivity contribution in [2.45, 2.75) is 12.8 Å². The summed E-state index contributed by atoms with van der Waals surface area (Å²) in [7, 11) is 0. The molecule has 0 saturated carbocycles. The van der Waals surface area contributed by atoms with E-state index in [0.717, 1.165) is 6.07 Å². The quantitative estimate of drug-likeness (QED) is 0.779. The van der Waals surface area contributed by atoms with Gasteiger partial charge in [-0.1, -0.05) is 0 Å². The Labute approximate surface area is 146 Å². The summed E-state index contributed by atoms with van der Waals surface area (Å²) in [6.45, 7) is 0.594. The molecule has 0 radical (unpaired) electrons. The highest BCUT2D eigenvalue weighted by molar-refractivity contribution is 6.39. The summed E-state index contributed by atoms with van der Waals surface area (Å²) in [5.74, 6) is -5.95. The monoisotopic (exact) mass is 368 g/mol. The molecule has 2 aliphatic heterocycles. The average Bonchev–Trinajstić information content (AvgIpc) is 2.66. The highest BCUT2D eigenvalue weighted by atomic mass is 19.2. The number of halogens is 3. The van der Waals surface area contributed by atoms with Crippen LogP contribution in [0.5, 0.6) is 0 Å². The molecule has 0 atom stereocenters. The van der Waals surface area contributed by atoms with Crippen LogP contribution in [-0.4, -0.2) is 59.4 Å². The molecule has 1 aromatic rings. The smallest absolute Gasteiger partial charge is 0.270 e. The molecule has 1 fully saturated rings. The SMILES string of the molecule is O=C1CCC(C(=O)N2CCN(C(=O)c3ccc(F)c(F)c3F)CC2)=NN1. The molecule has 0 aromatic heterocycles. The minimum atomic E-state index is -1.69. The Balaban J connectivity index is 1.63. The number of hydrogen-bond donors (Lipinski definition) is 1. The number of amides is 3. The van der Waals surface area contributed by atoms with Crippen molar-refractivity contribution >= 4 is 23.4 Å². The van der Waals surface area contributed by atoms with E-state index in [0.29, 0.717) is 6.07 Å². The summed E-state index contributed by atoms with van der Waals surface area (Å²) in [6.07, 6.45) is 0.419. The first-order valence-corrected chi connectivity index (χ1v) is 7.96. The van der Waals surface area contributed by atoms with Gasteiger partial charge in [0.05, 0.1) is 5.56 Å². The van der Waals surface area contributed by atoms with E-state index < -0.39 is 28.9 Å². The van der Waals surface area contributed by atoms with E-state index >= 15 is 0 Å². The molecule has 26 heavy (non-hydrogen) atoms. The lowest BCUT2D eigenvalue weighted by Gasteiger charge is -2.35. The normalized spacial score (nSPS) is 17.7. The van der Waals surface area contributed by atoms with Crippen LogP contribution in [0.2, 0.25) is 0 Å². The van der Waals surface area contributed by atoms with Crippen molar-refractivity contribution < 1.29 is 27.6 Å². The lowest BCUT2D eigenvalue weighted by atomic mass is 10.1. The van der Waals surface area contributed by atoms with Gasteiger partial charge in [0, 0.05) is 39.0 Å². The first kappa shape index (κ1) is 17.9. The summed E-state index contributed by atoms with van der Waals surface area (Å²) in [6, 6.07) is 1.59. The second kappa shape index (κ2) is 7.14. The zero-order valence-corrected chi connectivity index (χ0v) is 13.6. The minimum Gasteiger partial charge on any atom is -0.335 e. The van der Waals surface area contributed by atoms with Gasteiger partial charge in [0.1, 0.15) is 5.71 Å². The maximum Gasteiger partial charge on any atom is 0.270 e. The predicted octanol–water partition coefficient (Wildman–Crippen LogP) is 0.654. The Morgan fingerprint density at radius 2 is 1.54 bits per heavy atom. The molecule has 2 heterocycles. The van der Waals surface area contributed by atoms with Gasteiger partial charge in [0.15, 0.2) is 17.5 Å². The van der Waals surface area contributed by atoms with Crippen LogP contribution >= 0.6 is 0 Å². The number of hydrogen-bond acceptors (Lipinski definition) is 4. The fourth-order valence-electron chi connectivity index (χ4n) is 2.78. The first-order chi connectivity index (χ1) is 12.4. The highest BCUT2D eigenvalue weighted by Gasteiger charge is 2.30. The topological polar surface area (TPSA) is 82.1 Å². The Morgan fingerprint density at radius 3 is 2.12 bits per heavy atom. The van der Waals surface area contributed by atoms with E-state index in [4.69, 9.17) is 0 Å². The van der Waals surface area contributed by atoms with Crippen LogP contribution < -0.4 is 5.43 Å². The number of hydrazone groups is 1. The van der Waals surface area contributed by atoms with Gasteiger partial charge < -0.3 is 9.80 Å². The van der Waals surface area contributed by atoms with Crippen molar-refractivity contribution in [1.29, 1.82) is 0 Å². The molecule has 0 aliphatic carbocycles. The third kappa shape index (κ3) is 3.39. The fraction of sp³-hybridized carbons (Fsp3) is 0.375. The Hall–Kier alpha value is -2.91. The number of rotatable bonds is 2. The molecule has 10 heteroatoms. The van der Waals surface area contributed by atoms with E-state index in [1.807, 2.05) is 0 Å². The van der Waals surface area contributed by atoms with Crippen LogP contribution in [0, 0.1) is 17.5 Å². The predicted molar refractivity (Wildman–Crippen MR) is 83.6 cm³/mol. The van der Waals surface area contributed by atoms with Gasteiger partial charge in [-0.15, -0.1) is 0 Å². The average molecular weight is 368 g/mol. The molecule has 3 rings (SSSR count). The summed E-state index contributed by atoms with van der Waals surface area (Å²) in [5.41, 5.74) is 1.93. The molecule has 1 aromatic carbocycles. The Morgan fingerprint density at radius 1 is 0.923 bits per heavy atom. The van der Waals surface area contributed by atoms with Crippen LogP contribution in [0.25, 0.3) is 0 Å². The molecular weight excluding hydrogens is 353 g/mol. The van der Waals surface area contributed by atoms with E-state index in [1.165, 1.54) is 9.80 Å². The summed E-state index contributed by atoms with van der Waals surface area (Å²) in [4.78, 5) is 38.5. The van der Waals surface area contributed by atoms with Crippen molar-refractivity contribution in [3.05, 3.63) is 35.1 Å². The number of carbonyl (C=O) groups excluding carboxylic acids is 3. The van der Waals surface area contributed by atoms with E-state index in [9.17, 15) is 27.6 Å². The zero-order valence-electron chi connectivity index (χ0n) is 13.6. The molecule has 7 nitrogen and oxygen atoms in total. The second-order valence-electron chi connectivity index (χ2n) is 5.90. The maximum absolute atomic E-state index is 13.8. The van der Waals surface area contributed by atoms with Crippen molar-refractivity contribution in [1.82, 2.24) is 15.2 Å². The van der Waals surface area contributed by atoms with Gasteiger partial charge in [-0.05, 0) is 12.1 Å². The van der Waals surface area contributed by atoms with Crippen LogP contribution in [0.15, 0.2) is 17.2 Å². The van der Waals surface area contributed by atoms with Gasteiger partial charge in [-0.25, -0.2) is 18.6 Å². The van der Waals surface area contributed by atoms with Crippen molar-refractivity contribution in [2.75, 3.05) is 26.2 Å². The van der Waals surface area contributed by atoms with Crippen molar-refractivity contribution in [3.8, 4) is 0 Å². The second-order valence-corrected chi connectivity index (χ2v) is 5.90. The molecule has 138 valence electrons. The molecular formula is C16H15F3N4O3. The standard InChI is InChI=1S/C16H15F3N4O3/c17-10-2-1-9(13(18)14(10)19)15(25)22-5-7-23(8-6-22)16(26)11-3-4-12(24)21-20-11/h1-2H,3-8H2,(H,21,24). The maximum atomic E-state index is 13.8. The highest BCUT2D eigenvalue weighted by Crippen LogP contribution is 2.18. The lowest BCUT2D eigenvalue weighted by molar-refractivity contribution is -0.126. The van der Waals surface area contributed by atoms with Crippen LogP contribution in [-0.2, 0) is 9.59 Å². The molecule has 3 amide bonds. The molecule has 0 bridgehead atoms. The summed E-state index contributed by atoms with van der Waals surface area (Å²) >= 11 is 0. The summed E-state index contributed by atoms with van der Waals surface area (Å²) in [5, 5.41) is 3.74. The Bertz CT molecular complexity index is 804. The van der Waals surface area contributed by atoms with Gasteiger partial charge in [-0.3, -0.25) is 14.4 Å². The van der Waals surface area contributed by atoms with E-state index in [2.05, 4.69) is 10.5 Å². The van der Waals surface area contributed by atoms with Gasteiger partial charge in [0.2, 0.25) is 5.91 Å². The molecule has 0 unspecified atom stereocenters. The number of nitrogens with one attached hydrogen (secondary N) is 1. The number of piperazine rings is 1. The van der Waals surface area contributed by atoms with E-state index in [-0.39, 0.29) is 56.5 Å². The molecule has 1 saturated heterocycles. The third-order valence-electron chi connectivity index (χ3n) is 4.27. The van der Waals surface area contributed by atoms with Crippen molar-refractivity contribution in [2.24, 2.45) is 5.10 Å². The molecule has 1 N–H and O–H groups in total. The van der Waals surface area contributed by atoms with Gasteiger partial charge in [-0.2, -0.15) is 5.10 Å². The van der Waals surface area contributed by atoms with Gasteiger partial charge in [0.25, 0.3) is 11.8 Å². The van der Waals surface area contributed by atoms with E-state index in [1.54, 1.807) is 0 Å².